The Morgan fingerprint density at radius 1 is 0.939 bits per heavy atom. The molecular formula is C37H40N6O5S. The molecule has 1 fully saturated rings. The maximum Gasteiger partial charge on any atom is 0.347 e. The average Bonchev–Trinajstić information content (AvgIpc) is 3.47. The van der Waals surface area contributed by atoms with Crippen LogP contribution in [0.5, 0.6) is 0 Å². The number of imide groups is 1. The largest absolute Gasteiger partial charge is 0.356 e. The van der Waals surface area contributed by atoms with Gasteiger partial charge in [-0.25, -0.2) is 27.1 Å². The number of benzene rings is 3. The topological polar surface area (TPSA) is 140 Å². The van der Waals surface area contributed by atoms with Gasteiger partial charge in [-0.1, -0.05) is 61.9 Å². The van der Waals surface area contributed by atoms with Crippen LogP contribution >= 0.6 is 0 Å². The molecule has 0 spiro atoms. The molecule has 0 bridgehead atoms. The molecular weight excluding hydrogens is 641 g/mol. The number of aryl methyl sites for hydroxylation is 3. The fraction of sp³-hybridized carbons (Fsp3) is 0.270. The minimum absolute atomic E-state index is 0.0404. The predicted molar refractivity (Wildman–Crippen MR) is 188 cm³/mol. The second kappa shape index (κ2) is 13.6. The highest BCUT2D eigenvalue weighted by Gasteiger charge is 2.38. The SMILES string of the molecule is Cc1ccc(S(=O)(=O)n2cc(C(C)C)c3nc(Cc4c(C)cc(N5NC(N)C(=O)N(COCc6ccccc6)C5=O)cc4C)ccc32)cc1. The van der Waals surface area contributed by atoms with E-state index in [2.05, 4.69) is 5.43 Å². The Morgan fingerprint density at radius 3 is 2.27 bits per heavy atom. The third-order valence-corrected chi connectivity index (χ3v) is 10.4. The molecule has 5 aromatic rings. The Labute approximate surface area is 286 Å². The number of pyridine rings is 1. The fourth-order valence-electron chi connectivity index (χ4n) is 6.01. The summed E-state index contributed by atoms with van der Waals surface area (Å²) in [5, 5.41) is 1.28. The van der Waals surface area contributed by atoms with Crippen molar-refractivity contribution in [3.8, 4) is 0 Å². The molecule has 1 aliphatic heterocycles. The first-order valence-corrected chi connectivity index (χ1v) is 17.5. The zero-order valence-corrected chi connectivity index (χ0v) is 29.0. The van der Waals surface area contributed by atoms with E-state index >= 15 is 0 Å². The van der Waals surface area contributed by atoms with Crippen LogP contribution in [-0.2, 0) is 32.6 Å². The number of carbonyl (C=O) groups is 2. The molecule has 1 atom stereocenters. The lowest BCUT2D eigenvalue weighted by atomic mass is 9.97. The maximum atomic E-state index is 13.7. The van der Waals surface area contributed by atoms with Gasteiger partial charge in [-0.3, -0.25) is 9.78 Å². The number of carbonyl (C=O) groups excluding carboxylic acids is 2. The van der Waals surface area contributed by atoms with E-state index in [1.807, 2.05) is 89.2 Å². The van der Waals surface area contributed by atoms with E-state index in [0.717, 1.165) is 44.0 Å². The van der Waals surface area contributed by atoms with Crippen LogP contribution in [0.2, 0.25) is 0 Å². The number of aromatic nitrogens is 2. The molecule has 0 saturated carbocycles. The highest BCUT2D eigenvalue weighted by atomic mass is 32.2. The number of urea groups is 1. The van der Waals surface area contributed by atoms with Crippen molar-refractivity contribution in [2.75, 3.05) is 11.7 Å². The number of amides is 3. The van der Waals surface area contributed by atoms with E-state index in [-0.39, 0.29) is 24.2 Å². The highest BCUT2D eigenvalue weighted by molar-refractivity contribution is 7.90. The van der Waals surface area contributed by atoms with Gasteiger partial charge in [0.15, 0.2) is 6.17 Å². The first-order chi connectivity index (χ1) is 23.3. The number of anilines is 1. The molecule has 11 nitrogen and oxygen atoms in total. The molecule has 6 rings (SSSR count). The van der Waals surface area contributed by atoms with Crippen molar-refractivity contribution in [1.29, 1.82) is 0 Å². The first-order valence-electron chi connectivity index (χ1n) is 16.1. The normalized spacial score (nSPS) is 15.5. The van der Waals surface area contributed by atoms with E-state index in [1.165, 1.54) is 8.98 Å². The molecule has 2 aromatic heterocycles. The van der Waals surface area contributed by atoms with Crippen molar-refractivity contribution in [1.82, 2.24) is 19.3 Å². The van der Waals surface area contributed by atoms with E-state index < -0.39 is 28.1 Å². The summed E-state index contributed by atoms with van der Waals surface area (Å²) in [5.41, 5.74) is 17.0. The van der Waals surface area contributed by atoms with Crippen molar-refractivity contribution >= 4 is 38.7 Å². The molecule has 1 unspecified atom stereocenters. The lowest BCUT2D eigenvalue weighted by Crippen LogP contribution is -2.69. The van der Waals surface area contributed by atoms with Gasteiger partial charge in [-0.05, 0) is 90.9 Å². The summed E-state index contributed by atoms with van der Waals surface area (Å²) in [6.07, 6.45) is 1.03. The summed E-state index contributed by atoms with van der Waals surface area (Å²) in [5.74, 6) is -0.541. The van der Waals surface area contributed by atoms with Crippen LogP contribution in [-0.4, -0.2) is 47.1 Å². The number of nitrogens with zero attached hydrogens (tertiary/aromatic N) is 4. The van der Waals surface area contributed by atoms with Crippen molar-refractivity contribution in [2.45, 2.75) is 64.6 Å². The first kappa shape index (κ1) is 34.0. The third-order valence-electron chi connectivity index (χ3n) is 8.75. The molecule has 1 aliphatic rings. The number of hydrogen-bond donors (Lipinski definition) is 2. The minimum atomic E-state index is -3.83. The number of ether oxygens (including phenoxy) is 1. The van der Waals surface area contributed by atoms with Gasteiger partial charge in [-0.15, -0.1) is 0 Å². The van der Waals surface area contributed by atoms with Crippen molar-refractivity contribution in [3.63, 3.8) is 0 Å². The Morgan fingerprint density at radius 2 is 1.61 bits per heavy atom. The molecule has 0 aliphatic carbocycles. The number of nitrogens with two attached hydrogens (primary N) is 1. The number of fused-ring (bicyclic) bond motifs is 1. The quantitative estimate of drug-likeness (QED) is 0.193. The highest BCUT2D eigenvalue weighted by Crippen LogP contribution is 2.31. The van der Waals surface area contributed by atoms with Crippen LogP contribution < -0.4 is 16.2 Å². The molecule has 3 aromatic carbocycles. The van der Waals surface area contributed by atoms with Gasteiger partial charge in [0.25, 0.3) is 15.9 Å². The molecule has 12 heteroatoms. The number of hydrogen-bond acceptors (Lipinski definition) is 8. The summed E-state index contributed by atoms with van der Waals surface area (Å²) < 4.78 is 34.4. The molecule has 0 radical (unpaired) electrons. The second-order valence-electron chi connectivity index (χ2n) is 12.7. The molecule has 1 saturated heterocycles. The van der Waals surface area contributed by atoms with Crippen LogP contribution in [0.25, 0.3) is 11.0 Å². The minimum Gasteiger partial charge on any atom is -0.356 e. The van der Waals surface area contributed by atoms with Gasteiger partial charge in [0, 0.05) is 18.3 Å². The van der Waals surface area contributed by atoms with Gasteiger partial charge in [0.05, 0.1) is 28.2 Å². The number of rotatable bonds is 10. The lowest BCUT2D eigenvalue weighted by molar-refractivity contribution is -0.136. The molecule has 3 amide bonds. The summed E-state index contributed by atoms with van der Waals surface area (Å²) in [6, 6.07) is 23.1. The average molecular weight is 681 g/mol. The van der Waals surface area contributed by atoms with Crippen molar-refractivity contribution in [2.24, 2.45) is 5.73 Å². The van der Waals surface area contributed by atoms with Crippen LogP contribution in [0, 0.1) is 20.8 Å². The van der Waals surface area contributed by atoms with E-state index in [1.54, 1.807) is 30.5 Å². The summed E-state index contributed by atoms with van der Waals surface area (Å²) >= 11 is 0. The maximum absolute atomic E-state index is 13.7. The van der Waals surface area contributed by atoms with Gasteiger partial charge in [0.1, 0.15) is 6.73 Å². The van der Waals surface area contributed by atoms with Gasteiger partial charge < -0.3 is 10.5 Å². The predicted octanol–water partition coefficient (Wildman–Crippen LogP) is 5.65. The number of nitrogens with one attached hydrogen (secondary N) is 1. The van der Waals surface area contributed by atoms with E-state index in [0.29, 0.717) is 23.1 Å². The van der Waals surface area contributed by atoms with Gasteiger partial charge in [0.2, 0.25) is 0 Å². The van der Waals surface area contributed by atoms with E-state index in [4.69, 9.17) is 15.5 Å². The Kier molecular flexibility index (Phi) is 9.41. The standard InChI is InChI=1S/C37H40N6O5S/c1-23(2)32-20-42(49(46,47)30-14-11-24(3)12-15-30)33-16-13-28(39-34(32)33)19-31-25(4)17-29(18-26(31)5)43-37(45)41(36(44)35(38)40-43)22-48-21-27-9-7-6-8-10-27/h6-18,20,23,35,40H,19,21-22,38H2,1-5H3. The smallest absolute Gasteiger partial charge is 0.347 e. The zero-order chi connectivity index (χ0) is 35.0. The molecule has 3 heterocycles. The van der Waals surface area contributed by atoms with Crippen molar-refractivity contribution in [3.05, 3.63) is 124 Å². The fourth-order valence-corrected chi connectivity index (χ4v) is 7.37. The third kappa shape index (κ3) is 6.73. The zero-order valence-electron chi connectivity index (χ0n) is 28.2. The Hall–Kier alpha value is -4.88. The van der Waals surface area contributed by atoms with Gasteiger partial charge in [-0.2, -0.15) is 5.43 Å². The number of hydrazine groups is 1. The van der Waals surface area contributed by atoms with Crippen LogP contribution in [0.4, 0.5) is 10.5 Å². The van der Waals surface area contributed by atoms with Crippen LogP contribution in [0.15, 0.2) is 90.0 Å². The molecule has 49 heavy (non-hydrogen) atoms. The van der Waals surface area contributed by atoms with E-state index in [9.17, 15) is 18.0 Å². The molecule has 254 valence electrons. The summed E-state index contributed by atoms with van der Waals surface area (Å²) in [7, 11) is -3.83. The lowest BCUT2D eigenvalue weighted by Gasteiger charge is -2.37. The van der Waals surface area contributed by atoms with Crippen LogP contribution in [0.3, 0.4) is 0 Å². The Balaban J connectivity index is 1.25. The second-order valence-corrected chi connectivity index (χ2v) is 14.5. The Bertz CT molecular complexity index is 2120. The van der Waals surface area contributed by atoms with Crippen molar-refractivity contribution < 1.29 is 22.7 Å². The summed E-state index contributed by atoms with van der Waals surface area (Å²) in [4.78, 5) is 32.5. The van der Waals surface area contributed by atoms with Crippen LogP contribution in [0.1, 0.15) is 58.8 Å². The summed E-state index contributed by atoms with van der Waals surface area (Å²) in [6.45, 7) is 9.86. The monoisotopic (exact) mass is 680 g/mol. The van der Waals surface area contributed by atoms with Gasteiger partial charge >= 0.3 is 6.03 Å². The molecule has 3 N–H and O–H groups in total.